The number of halogens is 1. The zero-order valence-corrected chi connectivity index (χ0v) is 12.8. The first-order valence-corrected chi connectivity index (χ1v) is 7.61. The van der Waals surface area contributed by atoms with Gasteiger partial charge in [-0.1, -0.05) is 6.07 Å². The summed E-state index contributed by atoms with van der Waals surface area (Å²) in [5.74, 6) is 1.65. The van der Waals surface area contributed by atoms with E-state index in [-0.39, 0.29) is 5.91 Å². The van der Waals surface area contributed by atoms with Crippen molar-refractivity contribution < 1.29 is 14.3 Å². The van der Waals surface area contributed by atoms with Gasteiger partial charge in [0.15, 0.2) is 11.5 Å². The average Bonchev–Trinajstić information content (AvgIpc) is 2.95. The van der Waals surface area contributed by atoms with Gasteiger partial charge in [0.05, 0.1) is 0 Å². The molecule has 2 heterocycles. The van der Waals surface area contributed by atoms with Crippen molar-refractivity contribution in [3.8, 4) is 11.5 Å². The molecule has 0 radical (unpaired) electrons. The van der Waals surface area contributed by atoms with E-state index in [2.05, 4.69) is 11.0 Å². The monoisotopic (exact) mass is 310 g/mol. The second kappa shape index (κ2) is 6.12. The molecular formula is C15H19ClN2O3. The number of alkyl halides is 1. The van der Waals surface area contributed by atoms with Gasteiger partial charge >= 0.3 is 0 Å². The summed E-state index contributed by atoms with van der Waals surface area (Å²) >= 11 is 5.85. The highest BCUT2D eigenvalue weighted by Crippen LogP contribution is 2.32. The summed E-state index contributed by atoms with van der Waals surface area (Å²) in [6.45, 7) is 6.09. The summed E-state index contributed by atoms with van der Waals surface area (Å²) in [6, 6.07) is 6.04. The third kappa shape index (κ3) is 3.24. The number of rotatable bonds is 3. The van der Waals surface area contributed by atoms with E-state index in [4.69, 9.17) is 21.1 Å². The molecule has 3 rings (SSSR count). The molecule has 0 spiro atoms. The number of piperazine rings is 1. The summed E-state index contributed by atoms with van der Waals surface area (Å²) in [5.41, 5.74) is 1.20. The van der Waals surface area contributed by atoms with Crippen molar-refractivity contribution in [1.82, 2.24) is 9.80 Å². The van der Waals surface area contributed by atoms with Gasteiger partial charge < -0.3 is 14.4 Å². The zero-order chi connectivity index (χ0) is 14.8. The summed E-state index contributed by atoms with van der Waals surface area (Å²) in [7, 11) is 0. The van der Waals surface area contributed by atoms with Crippen LogP contribution in [0.4, 0.5) is 0 Å². The van der Waals surface area contributed by atoms with Crippen molar-refractivity contribution in [2.24, 2.45) is 0 Å². The summed E-state index contributed by atoms with van der Waals surface area (Å²) in [4.78, 5) is 16.0. The highest BCUT2D eigenvalue weighted by Gasteiger charge is 2.24. The minimum Gasteiger partial charge on any atom is -0.454 e. The Morgan fingerprint density at radius 1 is 1.24 bits per heavy atom. The van der Waals surface area contributed by atoms with Gasteiger partial charge in [-0.15, -0.1) is 11.6 Å². The molecule has 0 unspecified atom stereocenters. The predicted octanol–water partition coefficient (Wildman–Crippen LogP) is 1.69. The highest BCUT2D eigenvalue weighted by atomic mass is 35.5. The van der Waals surface area contributed by atoms with Gasteiger partial charge in [0.25, 0.3) is 0 Å². The number of carbonyl (C=O) groups is 1. The predicted molar refractivity (Wildman–Crippen MR) is 79.7 cm³/mol. The molecule has 1 amide bonds. The summed E-state index contributed by atoms with van der Waals surface area (Å²) < 4.78 is 10.7. The SMILES string of the molecule is C[C@@H](Cl)C(=O)N1CCN(Cc2ccc3c(c2)OCO3)CC1. The Labute approximate surface area is 129 Å². The number of fused-ring (bicyclic) bond motifs is 1. The quantitative estimate of drug-likeness (QED) is 0.797. The van der Waals surface area contributed by atoms with E-state index in [1.165, 1.54) is 5.56 Å². The lowest BCUT2D eigenvalue weighted by atomic mass is 10.1. The maximum Gasteiger partial charge on any atom is 0.240 e. The van der Waals surface area contributed by atoms with Gasteiger partial charge in [-0.2, -0.15) is 0 Å². The molecule has 5 nitrogen and oxygen atoms in total. The lowest BCUT2D eigenvalue weighted by molar-refractivity contribution is -0.132. The van der Waals surface area contributed by atoms with Crippen LogP contribution in [0.25, 0.3) is 0 Å². The van der Waals surface area contributed by atoms with Crippen LogP contribution in [0, 0.1) is 0 Å². The van der Waals surface area contributed by atoms with Gasteiger partial charge in [0.2, 0.25) is 12.7 Å². The molecule has 114 valence electrons. The molecule has 1 atom stereocenters. The van der Waals surface area contributed by atoms with Gasteiger partial charge in [-0.05, 0) is 24.6 Å². The molecule has 0 saturated carbocycles. The fourth-order valence-electron chi connectivity index (χ4n) is 2.68. The molecule has 21 heavy (non-hydrogen) atoms. The Hall–Kier alpha value is -1.46. The fourth-order valence-corrected chi connectivity index (χ4v) is 2.81. The van der Waals surface area contributed by atoms with Gasteiger partial charge in [0, 0.05) is 32.7 Å². The van der Waals surface area contributed by atoms with Crippen LogP contribution in [0.15, 0.2) is 18.2 Å². The molecule has 1 fully saturated rings. The van der Waals surface area contributed by atoms with Crippen LogP contribution in [-0.2, 0) is 11.3 Å². The minimum atomic E-state index is -0.439. The molecule has 0 N–H and O–H groups in total. The molecule has 0 aromatic heterocycles. The van der Waals surface area contributed by atoms with Crippen molar-refractivity contribution in [3.63, 3.8) is 0 Å². The molecule has 6 heteroatoms. The van der Waals surface area contributed by atoms with Crippen molar-refractivity contribution in [2.75, 3.05) is 33.0 Å². The summed E-state index contributed by atoms with van der Waals surface area (Å²) in [6.07, 6.45) is 0. The summed E-state index contributed by atoms with van der Waals surface area (Å²) in [5, 5.41) is -0.439. The molecule has 1 aromatic carbocycles. The van der Waals surface area contributed by atoms with Crippen molar-refractivity contribution >= 4 is 17.5 Å². The van der Waals surface area contributed by atoms with Crippen LogP contribution in [0.3, 0.4) is 0 Å². The second-order valence-corrected chi connectivity index (χ2v) is 6.06. The lowest BCUT2D eigenvalue weighted by Crippen LogP contribution is -2.49. The Kier molecular flexibility index (Phi) is 4.22. The molecule has 1 aromatic rings. The number of amides is 1. The molecule has 2 aliphatic heterocycles. The van der Waals surface area contributed by atoms with E-state index in [1.54, 1.807) is 6.92 Å². The van der Waals surface area contributed by atoms with Crippen molar-refractivity contribution in [2.45, 2.75) is 18.8 Å². The van der Waals surface area contributed by atoms with Crippen LogP contribution in [0.1, 0.15) is 12.5 Å². The minimum absolute atomic E-state index is 0.0272. The van der Waals surface area contributed by atoms with Gasteiger partial charge in [0.1, 0.15) is 5.38 Å². The zero-order valence-electron chi connectivity index (χ0n) is 12.0. The van der Waals surface area contributed by atoms with E-state index >= 15 is 0 Å². The number of ether oxygens (including phenoxy) is 2. The van der Waals surface area contributed by atoms with Crippen LogP contribution < -0.4 is 9.47 Å². The van der Waals surface area contributed by atoms with E-state index in [0.29, 0.717) is 6.79 Å². The van der Waals surface area contributed by atoms with Crippen LogP contribution in [-0.4, -0.2) is 54.1 Å². The standard InChI is InChI=1S/C15H19ClN2O3/c1-11(16)15(19)18-6-4-17(5-7-18)9-12-2-3-13-14(8-12)21-10-20-13/h2-3,8,11H,4-7,9-10H2,1H3/t11-/m1/s1. The maximum atomic E-state index is 11.8. The van der Waals surface area contributed by atoms with Crippen molar-refractivity contribution in [1.29, 1.82) is 0 Å². The van der Waals surface area contributed by atoms with E-state index in [1.807, 2.05) is 17.0 Å². The van der Waals surface area contributed by atoms with E-state index in [0.717, 1.165) is 44.2 Å². The largest absolute Gasteiger partial charge is 0.454 e. The Morgan fingerprint density at radius 3 is 2.67 bits per heavy atom. The van der Waals surface area contributed by atoms with Crippen molar-refractivity contribution in [3.05, 3.63) is 23.8 Å². The molecular weight excluding hydrogens is 292 g/mol. The molecule has 0 aliphatic carbocycles. The topological polar surface area (TPSA) is 42.0 Å². The van der Waals surface area contributed by atoms with E-state index in [9.17, 15) is 4.79 Å². The van der Waals surface area contributed by atoms with Crippen LogP contribution in [0.2, 0.25) is 0 Å². The number of hydrogen-bond donors (Lipinski definition) is 0. The number of hydrogen-bond acceptors (Lipinski definition) is 4. The highest BCUT2D eigenvalue weighted by molar-refractivity contribution is 6.30. The smallest absolute Gasteiger partial charge is 0.240 e. The van der Waals surface area contributed by atoms with Crippen LogP contribution >= 0.6 is 11.6 Å². The van der Waals surface area contributed by atoms with Gasteiger partial charge in [-0.3, -0.25) is 9.69 Å². The van der Waals surface area contributed by atoms with Crippen LogP contribution in [0.5, 0.6) is 11.5 Å². The number of nitrogens with zero attached hydrogens (tertiary/aromatic N) is 2. The first kappa shape index (κ1) is 14.5. The Bertz CT molecular complexity index is 528. The number of benzene rings is 1. The van der Waals surface area contributed by atoms with E-state index < -0.39 is 5.38 Å². The molecule has 1 saturated heterocycles. The third-order valence-corrected chi connectivity index (χ3v) is 4.05. The fraction of sp³-hybridized carbons (Fsp3) is 0.533. The third-order valence-electron chi connectivity index (χ3n) is 3.87. The lowest BCUT2D eigenvalue weighted by Gasteiger charge is -2.35. The van der Waals surface area contributed by atoms with Gasteiger partial charge in [-0.25, -0.2) is 0 Å². The molecule has 2 aliphatic rings. The second-order valence-electron chi connectivity index (χ2n) is 5.41. The average molecular weight is 311 g/mol. The normalized spacial score (nSPS) is 19.6. The first-order valence-electron chi connectivity index (χ1n) is 7.17. The Balaban J connectivity index is 1.55. The Morgan fingerprint density at radius 2 is 1.95 bits per heavy atom. The number of carbonyl (C=O) groups excluding carboxylic acids is 1. The molecule has 0 bridgehead atoms. The first-order chi connectivity index (χ1) is 10.1. The maximum absolute atomic E-state index is 11.8.